The lowest BCUT2D eigenvalue weighted by atomic mass is 10.2. The molecule has 0 aliphatic heterocycles. The summed E-state index contributed by atoms with van der Waals surface area (Å²) in [6.45, 7) is -2.17. The van der Waals surface area contributed by atoms with Gasteiger partial charge in [0.1, 0.15) is 5.75 Å². The molecular formula is C14H16ClF2N5O. The molecule has 2 rings (SSSR count). The van der Waals surface area contributed by atoms with Gasteiger partial charge in [0, 0.05) is 30.4 Å². The zero-order valence-electron chi connectivity index (χ0n) is 12.3. The van der Waals surface area contributed by atoms with Crippen molar-refractivity contribution >= 4 is 17.6 Å². The summed E-state index contributed by atoms with van der Waals surface area (Å²) in [7, 11) is 1.61. The molecule has 3 N–H and O–H groups in total. The number of hydrogen-bond acceptors (Lipinski definition) is 3. The number of rotatable bonds is 6. The Hall–Kier alpha value is -2.35. The second-order valence-electron chi connectivity index (χ2n) is 4.49. The van der Waals surface area contributed by atoms with Crippen LogP contribution in [0.25, 0.3) is 0 Å². The van der Waals surface area contributed by atoms with Crippen LogP contribution in [0.5, 0.6) is 5.75 Å². The van der Waals surface area contributed by atoms with Gasteiger partial charge >= 0.3 is 6.61 Å². The van der Waals surface area contributed by atoms with E-state index in [1.165, 1.54) is 12.1 Å². The van der Waals surface area contributed by atoms with Gasteiger partial charge in [-0.25, -0.2) is 0 Å². The highest BCUT2D eigenvalue weighted by atomic mass is 35.5. The van der Waals surface area contributed by atoms with E-state index in [9.17, 15) is 8.78 Å². The van der Waals surface area contributed by atoms with Gasteiger partial charge in [-0.05, 0) is 24.3 Å². The molecule has 23 heavy (non-hydrogen) atoms. The molecule has 2 aromatic rings. The van der Waals surface area contributed by atoms with E-state index in [0.29, 0.717) is 23.1 Å². The maximum absolute atomic E-state index is 12.4. The Kier molecular flexibility index (Phi) is 6.16. The molecule has 0 fully saturated rings. The lowest BCUT2D eigenvalue weighted by Gasteiger charge is -2.14. The van der Waals surface area contributed by atoms with Crippen molar-refractivity contribution < 1.29 is 13.5 Å². The van der Waals surface area contributed by atoms with Crippen molar-refractivity contribution in [2.75, 3.05) is 7.05 Å². The Labute approximate surface area is 136 Å². The van der Waals surface area contributed by atoms with E-state index in [-0.39, 0.29) is 12.3 Å². The molecule has 9 heteroatoms. The molecule has 0 saturated heterocycles. The molecule has 1 aromatic carbocycles. The van der Waals surface area contributed by atoms with E-state index in [1.54, 1.807) is 19.3 Å². The second-order valence-corrected chi connectivity index (χ2v) is 4.93. The third-order valence-electron chi connectivity index (χ3n) is 2.91. The van der Waals surface area contributed by atoms with E-state index >= 15 is 0 Å². The Bertz CT molecular complexity index is 649. The Morgan fingerprint density at radius 2 is 2.13 bits per heavy atom. The van der Waals surface area contributed by atoms with E-state index in [1.807, 2.05) is 6.07 Å². The van der Waals surface area contributed by atoms with Crippen LogP contribution in [0.15, 0.2) is 35.5 Å². The lowest BCUT2D eigenvalue weighted by molar-refractivity contribution is -0.0504. The van der Waals surface area contributed by atoms with E-state index < -0.39 is 6.61 Å². The number of ether oxygens (including phenoxy) is 1. The Morgan fingerprint density at radius 3 is 2.78 bits per heavy atom. The van der Waals surface area contributed by atoms with Crippen molar-refractivity contribution in [2.24, 2.45) is 4.99 Å². The number of aromatic nitrogens is 2. The molecule has 1 aromatic heterocycles. The molecule has 0 unspecified atom stereocenters. The summed E-state index contributed by atoms with van der Waals surface area (Å²) >= 11 is 5.90. The topological polar surface area (TPSA) is 74.3 Å². The molecule has 0 saturated carbocycles. The van der Waals surface area contributed by atoms with Crippen molar-refractivity contribution in [3.05, 3.63) is 46.7 Å². The molecule has 0 amide bonds. The molecule has 1 heterocycles. The van der Waals surface area contributed by atoms with Gasteiger partial charge in [-0.2, -0.15) is 13.9 Å². The van der Waals surface area contributed by atoms with Gasteiger partial charge in [-0.1, -0.05) is 11.6 Å². The zero-order valence-corrected chi connectivity index (χ0v) is 13.1. The smallest absolute Gasteiger partial charge is 0.387 e. The highest BCUT2D eigenvalue weighted by Gasteiger charge is 2.11. The molecule has 0 atom stereocenters. The number of nitrogens with zero attached hydrogens (tertiary/aromatic N) is 2. The average molecular weight is 344 g/mol. The van der Waals surface area contributed by atoms with Crippen LogP contribution < -0.4 is 15.4 Å². The van der Waals surface area contributed by atoms with Crippen molar-refractivity contribution in [1.82, 2.24) is 20.8 Å². The summed E-state index contributed by atoms with van der Waals surface area (Å²) in [6.07, 6.45) is 1.65. The molecule has 0 aliphatic rings. The maximum atomic E-state index is 12.4. The molecule has 0 radical (unpaired) electrons. The summed E-state index contributed by atoms with van der Waals surface area (Å²) in [5, 5.41) is 13.2. The number of H-pyrrole nitrogens is 1. The number of nitrogens with one attached hydrogen (secondary N) is 3. The first-order valence-electron chi connectivity index (χ1n) is 6.74. The third kappa shape index (κ3) is 5.41. The quantitative estimate of drug-likeness (QED) is 0.556. The maximum Gasteiger partial charge on any atom is 0.387 e. The molecular weight excluding hydrogens is 328 g/mol. The van der Waals surface area contributed by atoms with Gasteiger partial charge in [0.25, 0.3) is 0 Å². The summed E-state index contributed by atoms with van der Waals surface area (Å²) < 4.78 is 29.3. The number of alkyl halides is 2. The van der Waals surface area contributed by atoms with Crippen LogP contribution in [0, 0.1) is 0 Å². The van der Waals surface area contributed by atoms with Gasteiger partial charge in [0.05, 0.1) is 12.2 Å². The molecule has 0 spiro atoms. The predicted octanol–water partition coefficient (Wildman–Crippen LogP) is 2.53. The summed E-state index contributed by atoms with van der Waals surface area (Å²) in [6, 6.07) is 6.29. The van der Waals surface area contributed by atoms with Crippen molar-refractivity contribution in [3.63, 3.8) is 0 Å². The minimum absolute atomic E-state index is 0.0703. The fourth-order valence-corrected chi connectivity index (χ4v) is 2.05. The standard InChI is InChI=1S/C14H16ClF2N5O/c1-18-14(20-8-11-4-5-21-22-11)19-7-9-6-10(15)2-3-12(9)23-13(16)17/h2-6,13H,7-8H2,1H3,(H,21,22)(H2,18,19,20). The fraction of sp³-hybridized carbons (Fsp3) is 0.286. The van der Waals surface area contributed by atoms with E-state index in [2.05, 4.69) is 30.6 Å². The fourth-order valence-electron chi connectivity index (χ4n) is 1.86. The van der Waals surface area contributed by atoms with Crippen LogP contribution in [0.4, 0.5) is 8.78 Å². The summed E-state index contributed by atoms with van der Waals surface area (Å²) in [4.78, 5) is 4.05. The van der Waals surface area contributed by atoms with Crippen molar-refractivity contribution in [2.45, 2.75) is 19.7 Å². The number of aromatic amines is 1. The van der Waals surface area contributed by atoms with E-state index in [0.717, 1.165) is 5.69 Å². The van der Waals surface area contributed by atoms with Crippen LogP contribution in [0.1, 0.15) is 11.3 Å². The van der Waals surface area contributed by atoms with Gasteiger partial charge in [-0.15, -0.1) is 0 Å². The van der Waals surface area contributed by atoms with Crippen LogP contribution >= 0.6 is 11.6 Å². The van der Waals surface area contributed by atoms with Crippen LogP contribution in [0.3, 0.4) is 0 Å². The largest absolute Gasteiger partial charge is 0.434 e. The van der Waals surface area contributed by atoms with Crippen LogP contribution in [-0.2, 0) is 13.1 Å². The lowest BCUT2D eigenvalue weighted by Crippen LogP contribution is -2.36. The molecule has 6 nitrogen and oxygen atoms in total. The normalized spacial score (nSPS) is 11.6. The van der Waals surface area contributed by atoms with Gasteiger partial charge in [0.15, 0.2) is 5.96 Å². The average Bonchev–Trinajstić information content (AvgIpc) is 3.03. The summed E-state index contributed by atoms with van der Waals surface area (Å²) in [5.74, 6) is 0.573. The molecule has 124 valence electrons. The third-order valence-corrected chi connectivity index (χ3v) is 3.15. The number of guanidine groups is 1. The minimum atomic E-state index is -2.90. The Morgan fingerprint density at radius 1 is 1.35 bits per heavy atom. The van der Waals surface area contributed by atoms with Crippen LogP contribution in [-0.4, -0.2) is 29.8 Å². The van der Waals surface area contributed by atoms with Gasteiger partial charge < -0.3 is 15.4 Å². The molecule has 0 aliphatic carbocycles. The van der Waals surface area contributed by atoms with Gasteiger partial charge in [0.2, 0.25) is 0 Å². The van der Waals surface area contributed by atoms with Crippen molar-refractivity contribution in [3.8, 4) is 5.75 Å². The highest BCUT2D eigenvalue weighted by molar-refractivity contribution is 6.30. The SMILES string of the molecule is CN=C(NCc1ccn[nH]1)NCc1cc(Cl)ccc1OC(F)F. The first-order valence-corrected chi connectivity index (χ1v) is 7.12. The predicted molar refractivity (Wildman–Crippen MR) is 83.7 cm³/mol. The molecule has 0 bridgehead atoms. The second kappa shape index (κ2) is 8.33. The van der Waals surface area contributed by atoms with E-state index in [4.69, 9.17) is 11.6 Å². The number of hydrogen-bond donors (Lipinski definition) is 3. The zero-order chi connectivity index (χ0) is 16.7. The first kappa shape index (κ1) is 17.0. The number of aliphatic imine (C=N–C) groups is 1. The number of benzene rings is 1. The highest BCUT2D eigenvalue weighted by Crippen LogP contribution is 2.24. The Balaban J connectivity index is 1.96. The monoisotopic (exact) mass is 343 g/mol. The first-order chi connectivity index (χ1) is 11.1. The van der Waals surface area contributed by atoms with Crippen molar-refractivity contribution in [1.29, 1.82) is 0 Å². The minimum Gasteiger partial charge on any atom is -0.434 e. The van der Waals surface area contributed by atoms with Crippen LogP contribution in [0.2, 0.25) is 5.02 Å². The van der Waals surface area contributed by atoms with Gasteiger partial charge in [-0.3, -0.25) is 10.1 Å². The number of halogens is 3. The summed E-state index contributed by atoms with van der Waals surface area (Å²) in [5.41, 5.74) is 1.39.